The molecule has 1 aliphatic carbocycles. The summed E-state index contributed by atoms with van der Waals surface area (Å²) in [6, 6.07) is 0.275. The second kappa shape index (κ2) is 5.29. The summed E-state index contributed by atoms with van der Waals surface area (Å²) in [5, 5.41) is 13.4. The van der Waals surface area contributed by atoms with Crippen LogP contribution < -0.4 is 5.32 Å². The third kappa shape index (κ3) is 4.08. The number of ether oxygens (including phenoxy) is 1. The number of nitrogens with zero attached hydrogens (tertiary/aromatic N) is 1. The molecule has 5 heteroatoms. The fraction of sp³-hybridized carbons (Fsp3) is 0.929. The predicted octanol–water partition coefficient (Wildman–Crippen LogP) is 1.50. The molecule has 0 radical (unpaired) electrons. The van der Waals surface area contributed by atoms with E-state index in [4.69, 9.17) is 4.74 Å². The number of rotatable bonds is 3. The van der Waals surface area contributed by atoms with E-state index < -0.39 is 11.2 Å². The highest BCUT2D eigenvalue weighted by atomic mass is 16.6. The molecule has 1 aliphatic heterocycles. The topological polar surface area (TPSA) is 61.8 Å². The molecule has 2 rings (SSSR count). The maximum atomic E-state index is 11.9. The smallest absolute Gasteiger partial charge is 0.410 e. The number of carbonyl (C=O) groups excluding carboxylic acids is 1. The van der Waals surface area contributed by atoms with E-state index in [0.717, 1.165) is 32.2 Å². The van der Waals surface area contributed by atoms with Crippen LogP contribution in [0.25, 0.3) is 0 Å². The summed E-state index contributed by atoms with van der Waals surface area (Å²) in [4.78, 5) is 13.6. The molecular formula is C14H26N2O3. The first-order valence-electron chi connectivity index (χ1n) is 7.21. The fourth-order valence-corrected chi connectivity index (χ4v) is 2.52. The van der Waals surface area contributed by atoms with Crippen molar-refractivity contribution in [1.29, 1.82) is 0 Å². The van der Waals surface area contributed by atoms with Crippen LogP contribution in [0.4, 0.5) is 4.79 Å². The molecule has 1 amide bonds. The van der Waals surface area contributed by atoms with Gasteiger partial charge in [-0.05, 0) is 46.5 Å². The van der Waals surface area contributed by atoms with Crippen LogP contribution in [0.5, 0.6) is 0 Å². The van der Waals surface area contributed by atoms with Gasteiger partial charge in [0.05, 0.1) is 5.60 Å². The minimum atomic E-state index is -0.501. The van der Waals surface area contributed by atoms with Crippen molar-refractivity contribution in [3.05, 3.63) is 0 Å². The lowest BCUT2D eigenvalue weighted by Crippen LogP contribution is -2.49. The Morgan fingerprint density at radius 2 is 2.16 bits per heavy atom. The summed E-state index contributed by atoms with van der Waals surface area (Å²) < 4.78 is 5.36. The van der Waals surface area contributed by atoms with Gasteiger partial charge in [-0.25, -0.2) is 4.79 Å². The summed E-state index contributed by atoms with van der Waals surface area (Å²) in [5.41, 5.74) is -0.941. The van der Waals surface area contributed by atoms with Crippen molar-refractivity contribution in [2.75, 3.05) is 19.6 Å². The molecule has 1 saturated carbocycles. The van der Waals surface area contributed by atoms with E-state index >= 15 is 0 Å². The molecule has 19 heavy (non-hydrogen) atoms. The van der Waals surface area contributed by atoms with Crippen LogP contribution in [0.15, 0.2) is 0 Å². The van der Waals surface area contributed by atoms with Gasteiger partial charge in [0.25, 0.3) is 0 Å². The van der Waals surface area contributed by atoms with Crippen molar-refractivity contribution in [2.24, 2.45) is 0 Å². The number of likely N-dealkylation sites (tertiary alicyclic amines) is 1. The SMILES string of the molecule is CC(C)(C)OC(=O)N1CCC(NCC2(O)CCC2)C1. The molecule has 5 nitrogen and oxygen atoms in total. The van der Waals surface area contributed by atoms with Gasteiger partial charge < -0.3 is 20.1 Å². The van der Waals surface area contributed by atoms with E-state index in [1.165, 1.54) is 0 Å². The molecule has 2 N–H and O–H groups in total. The molecule has 1 saturated heterocycles. The summed E-state index contributed by atoms with van der Waals surface area (Å²) in [6.07, 6.45) is 3.59. The van der Waals surface area contributed by atoms with Gasteiger partial charge in [-0.1, -0.05) is 0 Å². The number of carbonyl (C=O) groups is 1. The minimum Gasteiger partial charge on any atom is -0.444 e. The zero-order chi connectivity index (χ0) is 14.1. The molecule has 0 aromatic heterocycles. The van der Waals surface area contributed by atoms with Crippen molar-refractivity contribution < 1.29 is 14.6 Å². The zero-order valence-electron chi connectivity index (χ0n) is 12.2. The highest BCUT2D eigenvalue weighted by molar-refractivity contribution is 5.68. The molecule has 0 aromatic rings. The normalized spacial score (nSPS) is 26.1. The number of aliphatic hydroxyl groups is 1. The van der Waals surface area contributed by atoms with Crippen molar-refractivity contribution in [3.63, 3.8) is 0 Å². The lowest BCUT2D eigenvalue weighted by atomic mass is 9.80. The fourth-order valence-electron chi connectivity index (χ4n) is 2.52. The standard InChI is InChI=1S/C14H26N2O3/c1-13(2,3)19-12(17)16-8-5-11(9-16)15-10-14(18)6-4-7-14/h11,15,18H,4-10H2,1-3H3. The largest absolute Gasteiger partial charge is 0.444 e. The van der Waals surface area contributed by atoms with Gasteiger partial charge in [-0.2, -0.15) is 0 Å². The molecule has 1 heterocycles. The van der Waals surface area contributed by atoms with Crippen LogP contribution in [0.1, 0.15) is 46.5 Å². The first-order valence-corrected chi connectivity index (χ1v) is 7.21. The maximum Gasteiger partial charge on any atom is 0.410 e. The lowest BCUT2D eigenvalue weighted by molar-refractivity contribution is -0.0330. The van der Waals surface area contributed by atoms with E-state index in [-0.39, 0.29) is 12.1 Å². The highest BCUT2D eigenvalue weighted by Crippen LogP contribution is 2.31. The van der Waals surface area contributed by atoms with Gasteiger partial charge >= 0.3 is 6.09 Å². The third-order valence-electron chi connectivity index (χ3n) is 3.84. The van der Waals surface area contributed by atoms with Gasteiger partial charge in [-0.3, -0.25) is 0 Å². The van der Waals surface area contributed by atoms with Gasteiger partial charge in [0.15, 0.2) is 0 Å². The van der Waals surface area contributed by atoms with Crippen LogP contribution in [0, 0.1) is 0 Å². The molecule has 0 spiro atoms. The molecule has 2 aliphatic rings. The quantitative estimate of drug-likeness (QED) is 0.816. The van der Waals surface area contributed by atoms with Crippen LogP contribution in [-0.2, 0) is 4.74 Å². The zero-order valence-corrected chi connectivity index (χ0v) is 12.2. The summed E-state index contributed by atoms with van der Waals surface area (Å²) in [7, 11) is 0. The second-order valence-electron chi connectivity index (χ2n) is 6.87. The Balaban J connectivity index is 1.72. The molecule has 1 unspecified atom stereocenters. The molecule has 110 valence electrons. The number of amides is 1. The van der Waals surface area contributed by atoms with Gasteiger partial charge in [-0.15, -0.1) is 0 Å². The first-order chi connectivity index (χ1) is 8.77. The first kappa shape index (κ1) is 14.6. The van der Waals surface area contributed by atoms with Crippen LogP contribution in [0.2, 0.25) is 0 Å². The lowest BCUT2D eigenvalue weighted by Gasteiger charge is -2.37. The van der Waals surface area contributed by atoms with Crippen molar-refractivity contribution in [2.45, 2.75) is 63.7 Å². The maximum absolute atomic E-state index is 11.9. The minimum absolute atomic E-state index is 0.237. The molecule has 1 atom stereocenters. The number of hydrogen-bond donors (Lipinski definition) is 2. The summed E-state index contributed by atoms with van der Waals surface area (Å²) in [5.74, 6) is 0. The summed E-state index contributed by atoms with van der Waals surface area (Å²) in [6.45, 7) is 7.67. The Morgan fingerprint density at radius 3 is 2.68 bits per heavy atom. The van der Waals surface area contributed by atoms with Gasteiger partial charge in [0, 0.05) is 25.7 Å². The number of hydrogen-bond acceptors (Lipinski definition) is 4. The van der Waals surface area contributed by atoms with Crippen LogP contribution >= 0.6 is 0 Å². The van der Waals surface area contributed by atoms with E-state index in [1.54, 1.807) is 4.90 Å². The second-order valence-corrected chi connectivity index (χ2v) is 6.87. The average molecular weight is 270 g/mol. The van der Waals surface area contributed by atoms with Crippen LogP contribution in [-0.4, -0.2) is 53.0 Å². The molecule has 0 bridgehead atoms. The Kier molecular flexibility index (Phi) is 4.06. The predicted molar refractivity (Wildman–Crippen MR) is 73.0 cm³/mol. The third-order valence-corrected chi connectivity index (χ3v) is 3.84. The van der Waals surface area contributed by atoms with E-state index in [1.807, 2.05) is 20.8 Å². The molecule has 0 aromatic carbocycles. The van der Waals surface area contributed by atoms with Crippen molar-refractivity contribution in [3.8, 4) is 0 Å². The van der Waals surface area contributed by atoms with Gasteiger partial charge in [0.2, 0.25) is 0 Å². The Labute approximate surface area is 115 Å². The van der Waals surface area contributed by atoms with E-state index in [9.17, 15) is 9.90 Å². The van der Waals surface area contributed by atoms with E-state index in [0.29, 0.717) is 13.1 Å². The molecule has 2 fully saturated rings. The highest BCUT2D eigenvalue weighted by Gasteiger charge is 2.36. The van der Waals surface area contributed by atoms with Crippen LogP contribution in [0.3, 0.4) is 0 Å². The Bertz CT molecular complexity index is 334. The van der Waals surface area contributed by atoms with Crippen molar-refractivity contribution in [1.82, 2.24) is 10.2 Å². The van der Waals surface area contributed by atoms with Gasteiger partial charge in [0.1, 0.15) is 5.60 Å². The number of nitrogens with one attached hydrogen (secondary N) is 1. The monoisotopic (exact) mass is 270 g/mol. The summed E-state index contributed by atoms with van der Waals surface area (Å²) >= 11 is 0. The van der Waals surface area contributed by atoms with Crippen molar-refractivity contribution >= 4 is 6.09 Å². The van der Waals surface area contributed by atoms with E-state index in [2.05, 4.69) is 5.32 Å². The Morgan fingerprint density at radius 1 is 1.47 bits per heavy atom. The Hall–Kier alpha value is -0.810. The molecular weight excluding hydrogens is 244 g/mol. The average Bonchev–Trinajstić information content (AvgIpc) is 2.70.